The molecule has 0 amide bonds. The highest BCUT2D eigenvalue weighted by Crippen LogP contribution is 2.28. The first-order valence-electron chi connectivity index (χ1n) is 6.88. The van der Waals surface area contributed by atoms with Crippen LogP contribution in [0.25, 0.3) is 11.3 Å². The number of hydrogen-bond acceptors (Lipinski definition) is 4. The molecule has 0 N–H and O–H groups in total. The highest BCUT2D eigenvalue weighted by Gasteiger charge is 2.15. The normalized spacial score (nSPS) is 15.4. The van der Waals surface area contributed by atoms with Gasteiger partial charge in [0.05, 0.1) is 18.9 Å². The summed E-state index contributed by atoms with van der Waals surface area (Å²) in [5.41, 5.74) is 0.854. The van der Waals surface area contributed by atoms with Gasteiger partial charge in [0.1, 0.15) is 11.5 Å². The van der Waals surface area contributed by atoms with Crippen molar-refractivity contribution in [3.63, 3.8) is 0 Å². The maximum absolute atomic E-state index is 12.8. The summed E-state index contributed by atoms with van der Waals surface area (Å²) in [6, 6.07) is 6.42. The number of halogens is 3. The first kappa shape index (κ1) is 15.1. The summed E-state index contributed by atoms with van der Waals surface area (Å²) in [4.78, 5) is 10.3. The fraction of sp³-hybridized carbons (Fsp3) is 0.333. The zero-order valence-corrected chi connectivity index (χ0v) is 12.4. The van der Waals surface area contributed by atoms with Gasteiger partial charge in [0, 0.05) is 29.9 Å². The summed E-state index contributed by atoms with van der Waals surface area (Å²) >= 11 is 6.16. The van der Waals surface area contributed by atoms with Crippen molar-refractivity contribution in [1.82, 2.24) is 9.97 Å². The van der Waals surface area contributed by atoms with Gasteiger partial charge in [-0.3, -0.25) is 4.98 Å². The van der Waals surface area contributed by atoms with Crippen LogP contribution in [0.3, 0.4) is 0 Å². The van der Waals surface area contributed by atoms with E-state index in [1.807, 2.05) is 0 Å². The lowest BCUT2D eigenvalue weighted by Crippen LogP contribution is -2.36. The number of ether oxygens (including phenoxy) is 1. The van der Waals surface area contributed by atoms with Crippen molar-refractivity contribution in [2.24, 2.45) is 0 Å². The monoisotopic (exact) mass is 325 g/mol. The molecule has 0 bridgehead atoms. The second-order valence-corrected chi connectivity index (χ2v) is 5.33. The van der Waals surface area contributed by atoms with E-state index < -0.39 is 6.43 Å². The number of hydrogen-bond donors (Lipinski definition) is 0. The van der Waals surface area contributed by atoms with Crippen LogP contribution in [0, 0.1) is 0 Å². The van der Waals surface area contributed by atoms with Crippen LogP contribution in [0.2, 0.25) is 5.02 Å². The third-order valence-electron chi connectivity index (χ3n) is 3.41. The van der Waals surface area contributed by atoms with Crippen molar-refractivity contribution in [3.05, 3.63) is 41.2 Å². The molecule has 3 heterocycles. The molecule has 0 radical (unpaired) electrons. The Labute approximate surface area is 131 Å². The van der Waals surface area contributed by atoms with E-state index >= 15 is 0 Å². The Morgan fingerprint density at radius 1 is 1.18 bits per heavy atom. The molecule has 0 spiro atoms. The summed E-state index contributed by atoms with van der Waals surface area (Å²) in [6.45, 7) is 2.72. The molecule has 2 aromatic rings. The van der Waals surface area contributed by atoms with Crippen LogP contribution >= 0.6 is 11.6 Å². The first-order valence-corrected chi connectivity index (χ1v) is 7.26. The van der Waals surface area contributed by atoms with Gasteiger partial charge in [-0.2, -0.15) is 0 Å². The number of rotatable bonds is 3. The van der Waals surface area contributed by atoms with E-state index in [4.69, 9.17) is 16.3 Å². The van der Waals surface area contributed by atoms with E-state index in [0.29, 0.717) is 29.5 Å². The van der Waals surface area contributed by atoms with E-state index in [0.717, 1.165) is 18.9 Å². The van der Waals surface area contributed by atoms with Gasteiger partial charge in [-0.15, -0.1) is 0 Å². The van der Waals surface area contributed by atoms with Crippen LogP contribution in [0.15, 0.2) is 30.5 Å². The van der Waals surface area contributed by atoms with E-state index in [1.54, 1.807) is 18.2 Å². The number of morpholine rings is 1. The van der Waals surface area contributed by atoms with Crippen LogP contribution in [-0.2, 0) is 4.74 Å². The molecule has 1 aliphatic heterocycles. The molecular formula is C15H14ClF2N3O. The predicted octanol–water partition coefficient (Wildman–Crippen LogP) is 3.57. The number of alkyl halides is 2. The van der Waals surface area contributed by atoms with Crippen molar-refractivity contribution in [1.29, 1.82) is 0 Å². The summed E-state index contributed by atoms with van der Waals surface area (Å²) in [5, 5.41) is 0.516. The van der Waals surface area contributed by atoms with E-state index in [2.05, 4.69) is 14.9 Å². The number of anilines is 1. The molecule has 0 aliphatic carbocycles. The molecule has 0 unspecified atom stereocenters. The molecule has 1 fully saturated rings. The average Bonchev–Trinajstić information content (AvgIpc) is 2.55. The minimum absolute atomic E-state index is 0.271. The van der Waals surface area contributed by atoms with Gasteiger partial charge in [0.15, 0.2) is 0 Å². The summed E-state index contributed by atoms with van der Waals surface area (Å²) < 4.78 is 30.9. The molecule has 4 nitrogen and oxygen atoms in total. The molecule has 1 saturated heterocycles. The summed E-state index contributed by atoms with van der Waals surface area (Å²) in [7, 11) is 0. The van der Waals surface area contributed by atoms with Crippen molar-refractivity contribution in [2.45, 2.75) is 6.43 Å². The fourth-order valence-corrected chi connectivity index (χ4v) is 2.51. The Hall–Kier alpha value is -1.79. The first-order chi connectivity index (χ1) is 10.6. The van der Waals surface area contributed by atoms with Gasteiger partial charge in [-0.1, -0.05) is 11.6 Å². The Morgan fingerprint density at radius 3 is 2.68 bits per heavy atom. The van der Waals surface area contributed by atoms with Crippen molar-refractivity contribution in [2.75, 3.05) is 31.2 Å². The SMILES string of the molecule is FC(F)c1cc(-c2cc(Cl)cc(N3CCOCC3)n2)ccn1. The highest BCUT2D eigenvalue weighted by molar-refractivity contribution is 6.31. The third-order valence-corrected chi connectivity index (χ3v) is 3.63. The molecule has 116 valence electrons. The zero-order chi connectivity index (χ0) is 15.5. The molecule has 0 atom stereocenters. The van der Waals surface area contributed by atoms with Gasteiger partial charge in [0.2, 0.25) is 0 Å². The standard InChI is InChI=1S/C15H14ClF2N3O/c16-11-8-12(10-1-2-19-13(7-10)15(17)18)20-14(9-11)21-3-5-22-6-4-21/h1-2,7-9,15H,3-6H2. The molecule has 3 rings (SSSR count). The third kappa shape index (κ3) is 3.34. The Kier molecular flexibility index (Phi) is 4.49. The summed E-state index contributed by atoms with van der Waals surface area (Å²) in [6.07, 6.45) is -1.26. The second-order valence-electron chi connectivity index (χ2n) is 4.90. The number of nitrogens with zero attached hydrogens (tertiary/aromatic N) is 3. The molecule has 2 aromatic heterocycles. The zero-order valence-electron chi connectivity index (χ0n) is 11.7. The maximum atomic E-state index is 12.8. The topological polar surface area (TPSA) is 38.2 Å². The van der Waals surface area contributed by atoms with Gasteiger partial charge in [-0.25, -0.2) is 13.8 Å². The van der Waals surface area contributed by atoms with Crippen molar-refractivity contribution < 1.29 is 13.5 Å². The van der Waals surface area contributed by atoms with Crippen LogP contribution in [0.4, 0.5) is 14.6 Å². The fourth-order valence-electron chi connectivity index (χ4n) is 2.31. The van der Waals surface area contributed by atoms with Crippen LogP contribution in [0.1, 0.15) is 12.1 Å². The largest absolute Gasteiger partial charge is 0.378 e. The van der Waals surface area contributed by atoms with Gasteiger partial charge in [-0.05, 0) is 24.3 Å². The number of aromatic nitrogens is 2. The highest BCUT2D eigenvalue weighted by atomic mass is 35.5. The summed E-state index contributed by atoms with van der Waals surface area (Å²) in [5.74, 6) is 0.723. The van der Waals surface area contributed by atoms with Crippen LogP contribution in [-0.4, -0.2) is 36.3 Å². The Balaban J connectivity index is 1.96. The lowest BCUT2D eigenvalue weighted by molar-refractivity contribution is 0.122. The molecular weight excluding hydrogens is 312 g/mol. The van der Waals surface area contributed by atoms with Gasteiger partial charge < -0.3 is 9.64 Å². The molecule has 7 heteroatoms. The minimum Gasteiger partial charge on any atom is -0.378 e. The van der Waals surface area contributed by atoms with E-state index in [1.165, 1.54) is 12.3 Å². The average molecular weight is 326 g/mol. The minimum atomic E-state index is -2.61. The van der Waals surface area contributed by atoms with Crippen molar-refractivity contribution >= 4 is 17.4 Å². The van der Waals surface area contributed by atoms with E-state index in [9.17, 15) is 8.78 Å². The maximum Gasteiger partial charge on any atom is 0.280 e. The Bertz CT molecular complexity index is 663. The van der Waals surface area contributed by atoms with Crippen molar-refractivity contribution in [3.8, 4) is 11.3 Å². The molecule has 0 aromatic carbocycles. The lowest BCUT2D eigenvalue weighted by Gasteiger charge is -2.28. The molecule has 1 aliphatic rings. The van der Waals surface area contributed by atoms with Gasteiger partial charge >= 0.3 is 0 Å². The van der Waals surface area contributed by atoms with Crippen LogP contribution < -0.4 is 4.90 Å². The molecule has 0 saturated carbocycles. The smallest absolute Gasteiger partial charge is 0.280 e. The van der Waals surface area contributed by atoms with E-state index in [-0.39, 0.29) is 5.69 Å². The molecule has 22 heavy (non-hydrogen) atoms. The predicted molar refractivity (Wildman–Crippen MR) is 80.5 cm³/mol. The second kappa shape index (κ2) is 6.54. The van der Waals surface area contributed by atoms with Gasteiger partial charge in [0.25, 0.3) is 6.43 Å². The quantitative estimate of drug-likeness (QED) is 0.864. The number of pyridine rings is 2. The lowest BCUT2D eigenvalue weighted by atomic mass is 10.1. The van der Waals surface area contributed by atoms with Crippen LogP contribution in [0.5, 0.6) is 0 Å². The Morgan fingerprint density at radius 2 is 1.95 bits per heavy atom.